The fourth-order valence-corrected chi connectivity index (χ4v) is 2.83. The minimum Gasteiger partial charge on any atom is -0.310 e. The number of nitrogens with one attached hydrogen (secondary N) is 1. The molecule has 3 heteroatoms. The maximum atomic E-state index is 14.1. The Balaban J connectivity index is 2.33. The van der Waals surface area contributed by atoms with Crippen molar-refractivity contribution in [2.24, 2.45) is 0 Å². The van der Waals surface area contributed by atoms with E-state index in [9.17, 15) is 4.39 Å². The van der Waals surface area contributed by atoms with E-state index in [0.29, 0.717) is 10.6 Å². The average molecular weight is 306 g/mol. The Kier molecular flexibility index (Phi) is 5.38. The van der Waals surface area contributed by atoms with E-state index in [0.717, 1.165) is 13.0 Å². The van der Waals surface area contributed by atoms with E-state index in [1.807, 2.05) is 6.92 Å². The Hall–Kier alpha value is -1.38. The lowest BCUT2D eigenvalue weighted by molar-refractivity contribution is 0.510. The van der Waals surface area contributed by atoms with Gasteiger partial charge in [-0.05, 0) is 55.6 Å². The van der Waals surface area contributed by atoms with Crippen LogP contribution in [0.4, 0.5) is 4.39 Å². The Labute approximate surface area is 131 Å². The lowest BCUT2D eigenvalue weighted by atomic mass is 9.96. The summed E-state index contributed by atoms with van der Waals surface area (Å²) >= 11 is 6.20. The molecule has 0 saturated heterocycles. The van der Waals surface area contributed by atoms with Gasteiger partial charge in [0.1, 0.15) is 5.82 Å². The highest BCUT2D eigenvalue weighted by Crippen LogP contribution is 2.28. The number of benzene rings is 2. The van der Waals surface area contributed by atoms with Gasteiger partial charge in [0.2, 0.25) is 0 Å². The average Bonchev–Trinajstić information content (AvgIpc) is 2.43. The maximum Gasteiger partial charge on any atom is 0.129 e. The monoisotopic (exact) mass is 305 g/mol. The molecule has 0 aliphatic heterocycles. The molecule has 21 heavy (non-hydrogen) atoms. The predicted molar refractivity (Wildman–Crippen MR) is 87.4 cm³/mol. The van der Waals surface area contributed by atoms with E-state index < -0.39 is 0 Å². The van der Waals surface area contributed by atoms with Gasteiger partial charge < -0.3 is 5.32 Å². The van der Waals surface area contributed by atoms with Crippen LogP contribution in [-0.2, 0) is 6.42 Å². The van der Waals surface area contributed by atoms with Crippen molar-refractivity contribution in [3.63, 3.8) is 0 Å². The second-order valence-corrected chi connectivity index (χ2v) is 5.78. The predicted octanol–water partition coefficient (Wildman–Crippen LogP) is 4.99. The molecule has 0 amide bonds. The van der Waals surface area contributed by atoms with Crippen LogP contribution in [0.2, 0.25) is 5.02 Å². The van der Waals surface area contributed by atoms with E-state index in [2.05, 4.69) is 37.4 Å². The molecule has 1 atom stereocenters. The molecule has 2 aromatic rings. The summed E-state index contributed by atoms with van der Waals surface area (Å²) in [5.41, 5.74) is 4.26. The zero-order valence-electron chi connectivity index (χ0n) is 12.7. The molecule has 0 aliphatic carbocycles. The minimum atomic E-state index is -0.253. The first-order chi connectivity index (χ1) is 10.0. The molecule has 112 valence electrons. The van der Waals surface area contributed by atoms with E-state index >= 15 is 0 Å². The summed E-state index contributed by atoms with van der Waals surface area (Å²) < 4.78 is 14.1. The highest BCUT2D eigenvalue weighted by Gasteiger charge is 2.18. The molecule has 0 bridgehead atoms. The second kappa shape index (κ2) is 7.06. The molecule has 2 aromatic carbocycles. The lowest BCUT2D eigenvalue weighted by Gasteiger charge is -2.21. The van der Waals surface area contributed by atoms with Crippen molar-refractivity contribution in [3.8, 4) is 0 Å². The number of rotatable bonds is 5. The summed E-state index contributed by atoms with van der Waals surface area (Å²) in [6, 6.07) is 11.1. The molecule has 0 aliphatic rings. The number of hydrogen-bond donors (Lipinski definition) is 1. The van der Waals surface area contributed by atoms with Gasteiger partial charge in [-0.3, -0.25) is 0 Å². The first-order valence-corrected chi connectivity index (χ1v) is 7.64. The minimum absolute atomic E-state index is 0.120. The number of halogens is 2. The molecule has 0 aromatic heterocycles. The van der Waals surface area contributed by atoms with Gasteiger partial charge in [0.15, 0.2) is 0 Å². The van der Waals surface area contributed by atoms with Crippen molar-refractivity contribution < 1.29 is 4.39 Å². The zero-order valence-corrected chi connectivity index (χ0v) is 13.5. The number of likely N-dealkylation sites (N-methyl/N-ethyl adjacent to an activating group) is 1. The summed E-state index contributed by atoms with van der Waals surface area (Å²) in [6.07, 6.45) is 0.718. The summed E-state index contributed by atoms with van der Waals surface area (Å²) in [5.74, 6) is -0.253. The van der Waals surface area contributed by atoms with E-state index in [1.165, 1.54) is 22.8 Å². The largest absolute Gasteiger partial charge is 0.310 e. The Morgan fingerprint density at radius 2 is 1.90 bits per heavy atom. The highest BCUT2D eigenvalue weighted by molar-refractivity contribution is 6.31. The zero-order chi connectivity index (χ0) is 15.4. The molecular weight excluding hydrogens is 285 g/mol. The number of aryl methyl sites for hydroxylation is 2. The fourth-order valence-electron chi connectivity index (χ4n) is 2.53. The normalized spacial score (nSPS) is 12.4. The molecule has 0 fully saturated rings. The van der Waals surface area contributed by atoms with Crippen LogP contribution in [0.15, 0.2) is 36.4 Å². The van der Waals surface area contributed by atoms with Crippen LogP contribution in [0.5, 0.6) is 0 Å². The van der Waals surface area contributed by atoms with Crippen LogP contribution in [0.3, 0.4) is 0 Å². The maximum absolute atomic E-state index is 14.1. The van der Waals surface area contributed by atoms with Crippen molar-refractivity contribution in [1.29, 1.82) is 0 Å². The fraction of sp³-hybridized carbons (Fsp3) is 0.333. The van der Waals surface area contributed by atoms with Gasteiger partial charge in [-0.15, -0.1) is 0 Å². The van der Waals surface area contributed by atoms with Gasteiger partial charge in [-0.25, -0.2) is 4.39 Å². The Morgan fingerprint density at radius 1 is 1.14 bits per heavy atom. The van der Waals surface area contributed by atoms with Gasteiger partial charge in [0.25, 0.3) is 0 Å². The third-order valence-corrected chi connectivity index (χ3v) is 4.14. The van der Waals surface area contributed by atoms with Gasteiger partial charge in [0, 0.05) is 16.6 Å². The summed E-state index contributed by atoms with van der Waals surface area (Å²) in [7, 11) is 0. The molecule has 2 rings (SSSR count). The summed E-state index contributed by atoms with van der Waals surface area (Å²) in [4.78, 5) is 0. The first kappa shape index (κ1) is 16.0. The van der Waals surface area contributed by atoms with Crippen LogP contribution in [0.1, 0.15) is 35.2 Å². The quantitative estimate of drug-likeness (QED) is 0.820. The van der Waals surface area contributed by atoms with Crippen molar-refractivity contribution in [2.75, 3.05) is 6.54 Å². The number of hydrogen-bond acceptors (Lipinski definition) is 1. The van der Waals surface area contributed by atoms with Gasteiger partial charge in [-0.1, -0.05) is 42.8 Å². The van der Waals surface area contributed by atoms with Crippen molar-refractivity contribution in [3.05, 3.63) is 69.5 Å². The molecule has 1 nitrogen and oxygen atoms in total. The lowest BCUT2D eigenvalue weighted by Crippen LogP contribution is -2.24. The van der Waals surface area contributed by atoms with Crippen molar-refractivity contribution in [1.82, 2.24) is 5.32 Å². The standard InChI is InChI=1S/C18H21ClFN/c1-4-21-17(18-15(19)6-5-7-16(18)20)11-14-9-8-12(2)13(3)10-14/h5-10,17,21H,4,11H2,1-3H3. The van der Waals surface area contributed by atoms with E-state index in [1.54, 1.807) is 12.1 Å². The highest BCUT2D eigenvalue weighted by atomic mass is 35.5. The molecule has 0 spiro atoms. The molecule has 0 heterocycles. The summed E-state index contributed by atoms with van der Waals surface area (Å²) in [5, 5.41) is 3.82. The van der Waals surface area contributed by atoms with Crippen molar-refractivity contribution in [2.45, 2.75) is 33.2 Å². The first-order valence-electron chi connectivity index (χ1n) is 7.26. The Bertz CT molecular complexity index is 604. The van der Waals surface area contributed by atoms with Gasteiger partial charge in [-0.2, -0.15) is 0 Å². The van der Waals surface area contributed by atoms with Crippen LogP contribution in [0.25, 0.3) is 0 Å². The third-order valence-electron chi connectivity index (χ3n) is 3.81. The van der Waals surface area contributed by atoms with Crippen LogP contribution >= 0.6 is 11.6 Å². The molecule has 0 radical (unpaired) electrons. The van der Waals surface area contributed by atoms with Gasteiger partial charge in [0.05, 0.1) is 0 Å². The van der Waals surface area contributed by atoms with Crippen molar-refractivity contribution >= 4 is 11.6 Å². The molecule has 0 saturated carbocycles. The van der Waals surface area contributed by atoms with Crippen LogP contribution < -0.4 is 5.32 Å². The summed E-state index contributed by atoms with van der Waals surface area (Å²) in [6.45, 7) is 6.97. The molecule has 1 unspecified atom stereocenters. The Morgan fingerprint density at radius 3 is 2.52 bits per heavy atom. The SMILES string of the molecule is CCNC(Cc1ccc(C)c(C)c1)c1c(F)cccc1Cl. The van der Waals surface area contributed by atoms with E-state index in [4.69, 9.17) is 11.6 Å². The van der Waals surface area contributed by atoms with E-state index in [-0.39, 0.29) is 11.9 Å². The second-order valence-electron chi connectivity index (χ2n) is 5.37. The topological polar surface area (TPSA) is 12.0 Å². The smallest absolute Gasteiger partial charge is 0.129 e. The molecular formula is C18H21ClFN. The van der Waals surface area contributed by atoms with Crippen LogP contribution in [-0.4, -0.2) is 6.54 Å². The third kappa shape index (κ3) is 3.84. The van der Waals surface area contributed by atoms with Gasteiger partial charge >= 0.3 is 0 Å². The molecule has 1 N–H and O–H groups in total. The van der Waals surface area contributed by atoms with Crippen LogP contribution in [0, 0.1) is 19.7 Å².